The van der Waals surface area contributed by atoms with Crippen molar-refractivity contribution in [3.05, 3.63) is 12.2 Å². The van der Waals surface area contributed by atoms with E-state index in [1.54, 1.807) is 7.11 Å². The molecule has 0 aromatic rings. The van der Waals surface area contributed by atoms with Crippen molar-refractivity contribution in [3.8, 4) is 0 Å². The molecule has 3 nitrogen and oxygen atoms in total. The Labute approximate surface area is 84.9 Å². The van der Waals surface area contributed by atoms with Gasteiger partial charge in [0.2, 0.25) is 0 Å². The molecule has 4 heteroatoms. The van der Waals surface area contributed by atoms with Crippen LogP contribution in [0.5, 0.6) is 0 Å². The number of aliphatic hydroxyl groups is 1. The Morgan fingerprint density at radius 3 is 2.77 bits per heavy atom. The number of methoxy groups -OCH3 is 1. The number of likely N-dealkylation sites (N-methyl/N-ethyl adjacent to an activating group) is 1. The van der Waals surface area contributed by atoms with E-state index in [2.05, 4.69) is 6.58 Å². The van der Waals surface area contributed by atoms with Gasteiger partial charge in [0.05, 0.1) is 12.7 Å². The predicted molar refractivity (Wildman–Crippen MR) is 55.2 cm³/mol. The molecule has 0 aliphatic heterocycles. The average Bonchev–Trinajstić information content (AvgIpc) is 2.04. The normalized spacial score (nSPS) is 13.3. The van der Waals surface area contributed by atoms with Crippen LogP contribution in [0.1, 0.15) is 0 Å². The Bertz CT molecular complexity index is 153. The summed E-state index contributed by atoms with van der Waals surface area (Å²) in [5, 5.41) is 9.38. The molecule has 78 valence electrons. The molecule has 0 aliphatic rings. The second-order valence-electron chi connectivity index (χ2n) is 3.19. The number of halogens is 1. The van der Waals surface area contributed by atoms with Crippen molar-refractivity contribution >= 4 is 11.6 Å². The second kappa shape index (κ2) is 7.33. The zero-order valence-corrected chi connectivity index (χ0v) is 9.05. The molecule has 0 saturated carbocycles. The minimum absolute atomic E-state index is 0.359. The molecule has 0 bridgehead atoms. The van der Waals surface area contributed by atoms with Gasteiger partial charge in [0.1, 0.15) is 0 Å². The summed E-state index contributed by atoms with van der Waals surface area (Å²) in [4.78, 5) is 1.97. The summed E-state index contributed by atoms with van der Waals surface area (Å²) in [5.74, 6) is 0.463. The topological polar surface area (TPSA) is 32.7 Å². The summed E-state index contributed by atoms with van der Waals surface area (Å²) in [6.07, 6.45) is -0.446. The number of ether oxygens (including phenoxy) is 1. The Morgan fingerprint density at radius 1 is 1.69 bits per heavy atom. The standard InChI is InChI=1S/C9H18ClNO2/c1-8(4-10)5-11(2)6-9(12)7-13-3/h9,12H,1,4-7H2,2-3H3. The maximum Gasteiger partial charge on any atom is 0.0900 e. The minimum Gasteiger partial charge on any atom is -0.389 e. The average molecular weight is 208 g/mol. The third-order valence-electron chi connectivity index (χ3n) is 1.56. The highest BCUT2D eigenvalue weighted by Gasteiger charge is 2.07. The molecule has 0 aromatic heterocycles. The molecular formula is C9H18ClNO2. The van der Waals surface area contributed by atoms with E-state index in [1.165, 1.54) is 0 Å². The first-order valence-corrected chi connectivity index (χ1v) is 4.71. The van der Waals surface area contributed by atoms with Crippen molar-refractivity contribution < 1.29 is 9.84 Å². The first-order chi connectivity index (χ1) is 6.10. The van der Waals surface area contributed by atoms with E-state index in [1.807, 2.05) is 11.9 Å². The largest absolute Gasteiger partial charge is 0.389 e. The first kappa shape index (κ1) is 12.9. The van der Waals surface area contributed by atoms with Crippen LogP contribution in [0.3, 0.4) is 0 Å². The number of hydrogen-bond acceptors (Lipinski definition) is 3. The highest BCUT2D eigenvalue weighted by Crippen LogP contribution is 1.98. The zero-order valence-electron chi connectivity index (χ0n) is 8.29. The molecule has 0 saturated heterocycles. The lowest BCUT2D eigenvalue weighted by atomic mass is 10.3. The van der Waals surface area contributed by atoms with Gasteiger partial charge in [0.15, 0.2) is 0 Å². The van der Waals surface area contributed by atoms with Crippen LogP contribution in [0.2, 0.25) is 0 Å². The summed E-state index contributed by atoms with van der Waals surface area (Å²) >= 11 is 5.58. The van der Waals surface area contributed by atoms with Crippen molar-refractivity contribution in [2.75, 3.05) is 39.7 Å². The van der Waals surface area contributed by atoms with Gasteiger partial charge in [0.25, 0.3) is 0 Å². The third kappa shape index (κ3) is 7.02. The fourth-order valence-electron chi connectivity index (χ4n) is 1.09. The van der Waals surface area contributed by atoms with Crippen molar-refractivity contribution in [2.45, 2.75) is 6.10 Å². The van der Waals surface area contributed by atoms with E-state index >= 15 is 0 Å². The van der Waals surface area contributed by atoms with Gasteiger partial charge >= 0.3 is 0 Å². The molecule has 1 unspecified atom stereocenters. The van der Waals surface area contributed by atoms with Gasteiger partial charge in [-0.05, 0) is 12.6 Å². The van der Waals surface area contributed by atoms with Crippen molar-refractivity contribution in [3.63, 3.8) is 0 Å². The monoisotopic (exact) mass is 207 g/mol. The van der Waals surface area contributed by atoms with E-state index in [0.29, 0.717) is 25.6 Å². The summed E-state index contributed by atoms with van der Waals surface area (Å²) in [6, 6.07) is 0. The van der Waals surface area contributed by atoms with Crippen LogP contribution in [0.15, 0.2) is 12.2 Å². The van der Waals surface area contributed by atoms with Gasteiger partial charge < -0.3 is 9.84 Å². The SMILES string of the molecule is C=C(CCl)CN(C)CC(O)COC. The molecule has 13 heavy (non-hydrogen) atoms. The van der Waals surface area contributed by atoms with E-state index < -0.39 is 6.10 Å². The number of aliphatic hydroxyl groups excluding tert-OH is 1. The van der Waals surface area contributed by atoms with Crippen LogP contribution in [0.25, 0.3) is 0 Å². The molecule has 0 heterocycles. The van der Waals surface area contributed by atoms with Gasteiger partial charge in [0, 0.05) is 26.1 Å². The van der Waals surface area contributed by atoms with Crippen LogP contribution >= 0.6 is 11.6 Å². The maximum atomic E-state index is 9.38. The molecule has 1 N–H and O–H groups in total. The van der Waals surface area contributed by atoms with Crippen LogP contribution in [-0.4, -0.2) is 55.8 Å². The summed E-state index contributed by atoms with van der Waals surface area (Å²) < 4.78 is 4.81. The van der Waals surface area contributed by atoms with Crippen molar-refractivity contribution in [1.29, 1.82) is 0 Å². The van der Waals surface area contributed by atoms with E-state index in [9.17, 15) is 5.11 Å². The van der Waals surface area contributed by atoms with Gasteiger partial charge in [-0.15, -0.1) is 11.6 Å². The van der Waals surface area contributed by atoms with Gasteiger partial charge in [-0.3, -0.25) is 4.90 Å². The summed E-state index contributed by atoms with van der Waals surface area (Å²) in [6.45, 7) is 5.42. The molecule has 1 atom stereocenters. The Balaban J connectivity index is 3.60. The van der Waals surface area contributed by atoms with Gasteiger partial charge in [-0.1, -0.05) is 6.58 Å². The van der Waals surface area contributed by atoms with Crippen molar-refractivity contribution in [1.82, 2.24) is 4.90 Å². The van der Waals surface area contributed by atoms with E-state index in [0.717, 1.165) is 5.57 Å². The quantitative estimate of drug-likeness (QED) is 0.493. The molecule has 0 aromatic carbocycles. The Hall–Kier alpha value is -0.0900. The highest BCUT2D eigenvalue weighted by atomic mass is 35.5. The number of hydrogen-bond donors (Lipinski definition) is 1. The maximum absolute atomic E-state index is 9.38. The fraction of sp³-hybridized carbons (Fsp3) is 0.778. The van der Waals surface area contributed by atoms with Crippen molar-refractivity contribution in [2.24, 2.45) is 0 Å². The molecule has 0 radical (unpaired) electrons. The zero-order chi connectivity index (χ0) is 10.3. The summed E-state index contributed by atoms with van der Waals surface area (Å²) in [7, 11) is 3.48. The van der Waals surface area contributed by atoms with Crippen LogP contribution in [0, 0.1) is 0 Å². The summed E-state index contributed by atoms with van der Waals surface area (Å²) in [5.41, 5.74) is 0.953. The Morgan fingerprint density at radius 2 is 2.31 bits per heavy atom. The van der Waals surface area contributed by atoms with Crippen LogP contribution in [-0.2, 0) is 4.74 Å². The van der Waals surface area contributed by atoms with Crippen LogP contribution in [0.4, 0.5) is 0 Å². The van der Waals surface area contributed by atoms with Gasteiger partial charge in [-0.2, -0.15) is 0 Å². The smallest absolute Gasteiger partial charge is 0.0900 e. The predicted octanol–water partition coefficient (Wildman–Crippen LogP) is 0.720. The van der Waals surface area contributed by atoms with E-state index in [-0.39, 0.29) is 0 Å². The highest BCUT2D eigenvalue weighted by molar-refractivity contribution is 6.19. The van der Waals surface area contributed by atoms with Crippen LogP contribution < -0.4 is 0 Å². The molecule has 0 rings (SSSR count). The number of rotatable bonds is 7. The fourth-order valence-corrected chi connectivity index (χ4v) is 1.18. The van der Waals surface area contributed by atoms with E-state index in [4.69, 9.17) is 16.3 Å². The first-order valence-electron chi connectivity index (χ1n) is 4.18. The minimum atomic E-state index is -0.446. The lowest BCUT2D eigenvalue weighted by molar-refractivity contribution is 0.0450. The molecule has 0 spiro atoms. The molecule has 0 fully saturated rings. The lowest BCUT2D eigenvalue weighted by Crippen LogP contribution is -2.33. The molecule has 0 aliphatic carbocycles. The third-order valence-corrected chi connectivity index (χ3v) is 1.94. The Kier molecular flexibility index (Phi) is 7.28. The molecule has 0 amide bonds. The second-order valence-corrected chi connectivity index (χ2v) is 3.46. The molecular weight excluding hydrogens is 190 g/mol. The lowest BCUT2D eigenvalue weighted by Gasteiger charge is -2.20. The number of alkyl halides is 1. The number of nitrogens with zero attached hydrogens (tertiary/aromatic N) is 1. The van der Waals surface area contributed by atoms with Gasteiger partial charge in [-0.25, -0.2) is 0 Å².